The zero-order valence-electron chi connectivity index (χ0n) is 14.6. The third-order valence-corrected chi connectivity index (χ3v) is 5.88. The van der Waals surface area contributed by atoms with Crippen LogP contribution in [0.2, 0.25) is 0 Å². The minimum atomic E-state index is -0.838. The number of thiazole rings is 1. The van der Waals surface area contributed by atoms with Gasteiger partial charge in [-0.1, -0.05) is 28.6 Å². The highest BCUT2D eigenvalue weighted by Gasteiger charge is 2.43. The highest BCUT2D eigenvalue weighted by atomic mass is 32.1. The van der Waals surface area contributed by atoms with Crippen LogP contribution in [-0.4, -0.2) is 53.3 Å². The molecule has 1 aromatic carbocycles. The maximum atomic E-state index is 12.9. The smallest absolute Gasteiger partial charge is 0.269 e. The van der Waals surface area contributed by atoms with Crippen molar-refractivity contribution in [2.24, 2.45) is 5.16 Å². The maximum absolute atomic E-state index is 12.9. The zero-order chi connectivity index (χ0) is 17.4. The highest BCUT2D eigenvalue weighted by molar-refractivity contribution is 7.22. The molecule has 0 saturated carbocycles. The van der Waals surface area contributed by atoms with Crippen molar-refractivity contribution in [3.05, 3.63) is 24.3 Å². The second-order valence-electron chi connectivity index (χ2n) is 6.92. The van der Waals surface area contributed by atoms with Crippen molar-refractivity contribution in [2.75, 3.05) is 31.1 Å². The van der Waals surface area contributed by atoms with Crippen LogP contribution in [0.5, 0.6) is 0 Å². The first-order valence-electron chi connectivity index (χ1n) is 8.67. The van der Waals surface area contributed by atoms with E-state index in [2.05, 4.69) is 16.1 Å². The fourth-order valence-corrected chi connectivity index (χ4v) is 4.50. The number of rotatable bonds is 2. The molecule has 7 heteroatoms. The number of benzene rings is 1. The first kappa shape index (κ1) is 16.3. The molecule has 0 spiro atoms. The third-order valence-electron chi connectivity index (χ3n) is 4.78. The number of oxime groups is 1. The van der Waals surface area contributed by atoms with Crippen LogP contribution >= 0.6 is 11.3 Å². The summed E-state index contributed by atoms with van der Waals surface area (Å²) in [6.07, 6.45) is 1.50. The molecule has 1 unspecified atom stereocenters. The number of nitrogens with zero attached hydrogens (tertiary/aromatic N) is 4. The van der Waals surface area contributed by atoms with Gasteiger partial charge in [0, 0.05) is 32.6 Å². The molecule has 0 bridgehead atoms. The standard InChI is InChI=1S/C18H22N4O2S/c1-13-12-18(2,24-20-13)16(23)21-8-5-9-22(11-10-21)17-19-14-6-3-4-7-15(14)25-17/h3-4,6-7H,5,8-12H2,1-2H3. The average molecular weight is 358 g/mol. The van der Waals surface area contributed by atoms with Crippen molar-refractivity contribution in [1.82, 2.24) is 9.88 Å². The van der Waals surface area contributed by atoms with Crippen molar-refractivity contribution in [3.63, 3.8) is 0 Å². The number of fused-ring (bicyclic) bond motifs is 1. The Bertz CT molecular complexity index is 800. The van der Waals surface area contributed by atoms with Crippen molar-refractivity contribution in [3.8, 4) is 0 Å². The summed E-state index contributed by atoms with van der Waals surface area (Å²) in [6.45, 7) is 6.88. The van der Waals surface area contributed by atoms with Gasteiger partial charge in [-0.25, -0.2) is 4.98 Å². The van der Waals surface area contributed by atoms with Crippen LogP contribution in [0, 0.1) is 0 Å². The number of para-hydroxylation sites is 1. The number of hydrogen-bond acceptors (Lipinski definition) is 6. The molecule has 132 valence electrons. The van der Waals surface area contributed by atoms with E-state index < -0.39 is 5.60 Å². The predicted octanol–water partition coefficient (Wildman–Crippen LogP) is 2.89. The van der Waals surface area contributed by atoms with Gasteiger partial charge < -0.3 is 14.6 Å². The van der Waals surface area contributed by atoms with Gasteiger partial charge in [-0.3, -0.25) is 4.79 Å². The molecule has 2 aromatic rings. The van der Waals surface area contributed by atoms with Gasteiger partial charge >= 0.3 is 0 Å². The van der Waals surface area contributed by atoms with Crippen LogP contribution in [0.25, 0.3) is 10.2 Å². The highest BCUT2D eigenvalue weighted by Crippen LogP contribution is 2.30. The van der Waals surface area contributed by atoms with Gasteiger partial charge in [0.05, 0.1) is 15.9 Å². The summed E-state index contributed by atoms with van der Waals surface area (Å²) in [5, 5.41) is 5.01. The molecule has 1 aromatic heterocycles. The largest absolute Gasteiger partial charge is 0.379 e. The lowest BCUT2D eigenvalue weighted by Gasteiger charge is -2.29. The SMILES string of the molecule is CC1=NOC(C)(C(=O)N2CCCN(c3nc4ccccc4s3)CC2)C1. The third kappa shape index (κ3) is 3.08. The summed E-state index contributed by atoms with van der Waals surface area (Å²) in [6, 6.07) is 8.20. The normalized spacial score (nSPS) is 24.2. The second kappa shape index (κ2) is 6.29. The number of carbonyl (C=O) groups excluding carboxylic acids is 1. The van der Waals surface area contributed by atoms with E-state index >= 15 is 0 Å². The summed E-state index contributed by atoms with van der Waals surface area (Å²) in [5.41, 5.74) is 1.08. The zero-order valence-corrected chi connectivity index (χ0v) is 15.4. The fourth-order valence-electron chi connectivity index (χ4n) is 3.49. The first-order chi connectivity index (χ1) is 12.0. The second-order valence-corrected chi connectivity index (χ2v) is 7.93. The van der Waals surface area contributed by atoms with Gasteiger partial charge in [-0.2, -0.15) is 0 Å². The van der Waals surface area contributed by atoms with Crippen LogP contribution < -0.4 is 4.90 Å². The van der Waals surface area contributed by atoms with E-state index in [1.54, 1.807) is 11.3 Å². The molecule has 2 aliphatic rings. The van der Waals surface area contributed by atoms with E-state index in [9.17, 15) is 4.79 Å². The molecule has 1 fully saturated rings. The van der Waals surface area contributed by atoms with Gasteiger partial charge in [-0.15, -0.1) is 0 Å². The van der Waals surface area contributed by atoms with Crippen molar-refractivity contribution in [1.29, 1.82) is 0 Å². The monoisotopic (exact) mass is 358 g/mol. The molecule has 1 saturated heterocycles. The molecular weight excluding hydrogens is 336 g/mol. The number of aromatic nitrogens is 1. The van der Waals surface area contributed by atoms with E-state index in [0.29, 0.717) is 13.0 Å². The molecule has 25 heavy (non-hydrogen) atoms. The van der Waals surface area contributed by atoms with E-state index in [1.165, 1.54) is 4.70 Å². The molecule has 1 amide bonds. The Morgan fingerprint density at radius 1 is 1.24 bits per heavy atom. The number of carbonyl (C=O) groups is 1. The number of anilines is 1. The summed E-state index contributed by atoms with van der Waals surface area (Å²) in [5.74, 6) is 0.0410. The molecule has 0 N–H and O–H groups in total. The molecule has 0 aliphatic carbocycles. The minimum Gasteiger partial charge on any atom is -0.379 e. The van der Waals surface area contributed by atoms with Gasteiger partial charge in [0.1, 0.15) is 0 Å². The lowest BCUT2D eigenvalue weighted by atomic mass is 9.98. The van der Waals surface area contributed by atoms with E-state index in [1.807, 2.05) is 36.9 Å². The van der Waals surface area contributed by atoms with Crippen LogP contribution in [0.4, 0.5) is 5.13 Å². The molecule has 2 aliphatic heterocycles. The quantitative estimate of drug-likeness (QED) is 0.828. The number of hydrogen-bond donors (Lipinski definition) is 0. The molecular formula is C18H22N4O2S. The first-order valence-corrected chi connectivity index (χ1v) is 9.48. The summed E-state index contributed by atoms with van der Waals surface area (Å²) in [7, 11) is 0. The molecule has 6 nitrogen and oxygen atoms in total. The Balaban J connectivity index is 1.46. The Labute approximate surface area is 151 Å². The van der Waals surface area contributed by atoms with Crippen molar-refractivity contribution < 1.29 is 9.63 Å². The van der Waals surface area contributed by atoms with Gasteiger partial charge in [0.15, 0.2) is 5.13 Å². The Hall–Kier alpha value is -2.15. The van der Waals surface area contributed by atoms with Gasteiger partial charge in [0.2, 0.25) is 5.60 Å². The molecule has 3 heterocycles. The lowest BCUT2D eigenvalue weighted by molar-refractivity contribution is -0.153. The Kier molecular flexibility index (Phi) is 4.11. The van der Waals surface area contributed by atoms with Crippen LogP contribution in [0.3, 0.4) is 0 Å². The molecule has 0 radical (unpaired) electrons. The van der Waals surface area contributed by atoms with E-state index in [-0.39, 0.29) is 5.91 Å². The van der Waals surface area contributed by atoms with Gasteiger partial charge in [0.25, 0.3) is 5.91 Å². The minimum absolute atomic E-state index is 0.0410. The predicted molar refractivity (Wildman–Crippen MR) is 100 cm³/mol. The van der Waals surface area contributed by atoms with Crippen LogP contribution in [0.1, 0.15) is 26.7 Å². The van der Waals surface area contributed by atoms with E-state index in [4.69, 9.17) is 9.82 Å². The Morgan fingerprint density at radius 3 is 2.84 bits per heavy atom. The van der Waals surface area contributed by atoms with Crippen LogP contribution in [-0.2, 0) is 9.63 Å². The molecule has 4 rings (SSSR count). The van der Waals surface area contributed by atoms with Crippen molar-refractivity contribution >= 4 is 38.3 Å². The summed E-state index contributed by atoms with van der Waals surface area (Å²) < 4.78 is 1.20. The summed E-state index contributed by atoms with van der Waals surface area (Å²) in [4.78, 5) is 27.3. The Morgan fingerprint density at radius 2 is 2.08 bits per heavy atom. The molecule has 1 atom stereocenters. The summed E-state index contributed by atoms with van der Waals surface area (Å²) >= 11 is 1.72. The van der Waals surface area contributed by atoms with Gasteiger partial charge in [-0.05, 0) is 32.4 Å². The van der Waals surface area contributed by atoms with Crippen LogP contribution in [0.15, 0.2) is 29.4 Å². The maximum Gasteiger partial charge on any atom is 0.269 e. The topological polar surface area (TPSA) is 58.0 Å². The average Bonchev–Trinajstić information content (AvgIpc) is 3.09. The fraction of sp³-hybridized carbons (Fsp3) is 0.500. The van der Waals surface area contributed by atoms with E-state index in [0.717, 1.165) is 42.4 Å². The lowest BCUT2D eigenvalue weighted by Crippen LogP contribution is -2.48. The number of amides is 1. The van der Waals surface area contributed by atoms with Crippen molar-refractivity contribution in [2.45, 2.75) is 32.3 Å².